The van der Waals surface area contributed by atoms with Gasteiger partial charge in [-0.2, -0.15) is 0 Å². The number of carboxylic acids is 1. The molecule has 12 rings (SSSR count). The summed E-state index contributed by atoms with van der Waals surface area (Å²) in [4.78, 5) is 103. The second kappa shape index (κ2) is 36.1. The second-order valence-corrected chi connectivity index (χ2v) is 25.1. The van der Waals surface area contributed by atoms with Crippen molar-refractivity contribution in [2.45, 2.75) is 74.1 Å². The molecule has 0 fully saturated rings. The van der Waals surface area contributed by atoms with Crippen molar-refractivity contribution in [2.75, 3.05) is 27.4 Å². The minimum absolute atomic E-state index is 0. The van der Waals surface area contributed by atoms with Crippen molar-refractivity contribution in [3.63, 3.8) is 0 Å². The maximum Gasteiger partial charge on any atom is 0.407 e. The number of rotatable bonds is 24. The van der Waals surface area contributed by atoms with Crippen molar-refractivity contribution in [1.82, 2.24) is 21.3 Å². The molecule has 0 unspecified atom stereocenters. The third-order valence-corrected chi connectivity index (χ3v) is 18.3. The number of halogens is 1. The highest BCUT2D eigenvalue weighted by Gasteiger charge is 2.42. The zero-order valence-corrected chi connectivity index (χ0v) is 58.7. The van der Waals surface area contributed by atoms with Gasteiger partial charge in [-0.3, -0.25) is 19.2 Å². The number of Topliss-reactive ketones (excluding diaryl/α,β-unsaturated/α-hetero) is 1. The quantitative estimate of drug-likeness (QED) is 0.0187. The number of carbonyl (C=O) groups is 8. The van der Waals surface area contributed by atoms with Crippen LogP contribution in [0.1, 0.15) is 101 Å². The van der Waals surface area contributed by atoms with E-state index in [1.54, 1.807) is 13.8 Å². The lowest BCUT2D eigenvalue weighted by atomic mass is 9.76. The monoisotopic (exact) mass is 1420 g/mol. The first-order valence-electron chi connectivity index (χ1n) is 33.9. The fourth-order valence-electron chi connectivity index (χ4n) is 13.4. The van der Waals surface area contributed by atoms with Crippen molar-refractivity contribution >= 4 is 47.7 Å². The highest BCUT2D eigenvalue weighted by atomic mass is 35.5. The van der Waals surface area contributed by atoms with E-state index in [1.165, 1.54) is 14.2 Å². The van der Waals surface area contributed by atoms with Crippen LogP contribution in [0.5, 0.6) is 0 Å². The number of fused-ring (bicyclic) bond motifs is 6. The molecule has 2 aliphatic carbocycles. The van der Waals surface area contributed by atoms with Crippen molar-refractivity contribution < 1.29 is 80.6 Å². The number of alkyl carbamates (subject to hydrolysis) is 2. The molecule has 4 atom stereocenters. The van der Waals surface area contributed by atoms with Crippen molar-refractivity contribution in [1.29, 1.82) is 0 Å². The molecule has 0 aromatic heterocycles. The number of hydrogen-bond acceptors (Lipinski definition) is 12. The highest BCUT2D eigenvalue weighted by molar-refractivity contribution is 5.95. The predicted octanol–water partition coefficient (Wildman–Crippen LogP) is 9.43. The summed E-state index contributed by atoms with van der Waals surface area (Å²) in [5, 5.41) is 21.5. The Balaban J connectivity index is 0.000000220. The Labute approximate surface area is 610 Å². The van der Waals surface area contributed by atoms with Gasteiger partial charge in [-0.15, -0.1) is 0 Å². The molecule has 532 valence electrons. The van der Waals surface area contributed by atoms with E-state index in [0.717, 1.165) is 77.9 Å². The molecule has 0 spiro atoms. The number of hydrogen-bond donors (Lipinski definition) is 6. The number of esters is 2. The molecular formula is C85H82ClN5O13. The van der Waals surface area contributed by atoms with E-state index >= 15 is 0 Å². The van der Waals surface area contributed by atoms with Gasteiger partial charge < -0.3 is 63.5 Å². The second-order valence-electron chi connectivity index (χ2n) is 25.1. The zero-order chi connectivity index (χ0) is 72.9. The number of quaternary nitrogens is 1. The lowest BCUT2D eigenvalue weighted by Crippen LogP contribution is -3.00. The molecule has 4 amide bonds. The van der Waals surface area contributed by atoms with Crippen molar-refractivity contribution in [3.8, 4) is 22.3 Å². The number of nitrogens with one attached hydrogen (secondary N) is 4. The topological polar surface area (TPSA) is 269 Å². The molecule has 0 saturated carbocycles. The maximum atomic E-state index is 14.2. The van der Waals surface area contributed by atoms with Crippen molar-refractivity contribution in [3.05, 3.63) is 335 Å². The minimum Gasteiger partial charge on any atom is -1.00 e. The van der Waals surface area contributed by atoms with E-state index in [0.29, 0.717) is 0 Å². The summed E-state index contributed by atoms with van der Waals surface area (Å²) in [7, 11) is 2.60. The van der Waals surface area contributed by atoms with Crippen LogP contribution in [0.15, 0.2) is 279 Å². The SMILES string of the molecule is COC(=O)[C@H](C)CC(=O)[C@@H](CC(=O)NC(c1ccccc1)(c1ccccc1)c1ccccc1)NC(=O)OCC1c2ccccc2-c2ccccc21.COC(=O)[C@H](C)[NH3+].O=C(C[C@@H](NC(=O)OCC1c2ccccc2-c2ccccc21)C(=O)O)NC(c1ccccc1)(c1ccccc1)c1ccccc1.[Cl-]. The van der Waals surface area contributed by atoms with Gasteiger partial charge in [0, 0.05) is 18.3 Å². The number of aliphatic carboxylic acids is 1. The van der Waals surface area contributed by atoms with Gasteiger partial charge in [0.1, 0.15) is 30.3 Å². The Hall–Kier alpha value is -12.0. The average Bonchev–Trinajstić information content (AvgIpc) is 1.08. The van der Waals surface area contributed by atoms with Crippen LogP contribution in [-0.4, -0.2) is 98.4 Å². The van der Waals surface area contributed by atoms with Gasteiger partial charge in [-0.1, -0.05) is 286 Å². The molecule has 104 heavy (non-hydrogen) atoms. The fraction of sp³-hybridized carbons (Fsp3) is 0.200. The summed E-state index contributed by atoms with van der Waals surface area (Å²) in [6.45, 7) is 3.31. The van der Waals surface area contributed by atoms with Crippen LogP contribution < -0.4 is 39.4 Å². The van der Waals surface area contributed by atoms with Gasteiger partial charge in [0.25, 0.3) is 0 Å². The fourth-order valence-corrected chi connectivity index (χ4v) is 13.4. The predicted molar refractivity (Wildman–Crippen MR) is 391 cm³/mol. The highest BCUT2D eigenvalue weighted by Crippen LogP contribution is 2.46. The number of carbonyl (C=O) groups excluding carboxylic acids is 7. The summed E-state index contributed by atoms with van der Waals surface area (Å²) in [5.41, 5.74) is 14.5. The molecule has 2 aliphatic rings. The summed E-state index contributed by atoms with van der Waals surface area (Å²) in [6, 6.07) is 86.2. The van der Waals surface area contributed by atoms with Gasteiger partial charge in [-0.05, 0) is 84.8 Å². The third-order valence-electron chi connectivity index (χ3n) is 18.3. The van der Waals surface area contributed by atoms with E-state index < -0.39 is 83.6 Å². The smallest absolute Gasteiger partial charge is 0.407 e. The van der Waals surface area contributed by atoms with E-state index in [1.807, 2.05) is 279 Å². The lowest BCUT2D eigenvalue weighted by Gasteiger charge is -2.37. The van der Waals surface area contributed by atoms with E-state index in [-0.39, 0.29) is 55.9 Å². The standard InChI is InChI=1S/C43H40N2O6.C38H32N2O5.C4H9NO2.ClH/c1-29(41(48)50-2)26-39(46)38(44-42(49)51-28-37-35-24-14-12-22-33(35)34-23-13-15-25-36(34)37)27-40(47)45-43(30-16-6-3-7-17-30,31-18-8-4-9-19-31)32-20-10-5-11-21-32;41-35(40-38(26-14-4-1-5-15-26,27-16-6-2-7-17-27)28-18-8-3-9-19-28)24-34(36(42)43)39-37(44)45-25-33-31-22-12-10-20-29(31)30-21-11-13-23-32(30)33;1-3(5)4(6)7-2;/h3-25,29,37-38H,26-28H2,1-2H3,(H,44,49)(H,45,47);1-23,33-34H,24-25H2,(H,39,44)(H,40,41)(H,42,43);3H,5H2,1-2H3;1H/t29-,38-;34-;3-;/m110./s1. The normalized spacial score (nSPS) is 12.9. The Morgan fingerprint density at radius 2 is 0.644 bits per heavy atom. The molecule has 0 radical (unpaired) electrons. The van der Waals surface area contributed by atoms with Crippen LogP contribution in [0, 0.1) is 5.92 Å². The third kappa shape index (κ3) is 17.8. The van der Waals surface area contributed by atoms with Crippen LogP contribution in [-0.2, 0) is 58.8 Å². The Morgan fingerprint density at radius 1 is 0.385 bits per heavy atom. The van der Waals surface area contributed by atoms with Crippen molar-refractivity contribution in [2.24, 2.45) is 5.92 Å². The molecule has 0 bridgehead atoms. The first-order valence-corrected chi connectivity index (χ1v) is 33.9. The minimum atomic E-state index is -1.51. The van der Waals surface area contributed by atoms with Crippen LogP contribution in [0.3, 0.4) is 0 Å². The van der Waals surface area contributed by atoms with Gasteiger partial charge in [-0.25, -0.2) is 19.2 Å². The molecule has 0 heterocycles. The van der Waals surface area contributed by atoms with Gasteiger partial charge >= 0.3 is 30.1 Å². The molecule has 8 N–H and O–H groups in total. The van der Waals surface area contributed by atoms with Crippen LogP contribution in [0.2, 0.25) is 0 Å². The molecule has 0 saturated heterocycles. The molecule has 10 aromatic rings. The van der Waals surface area contributed by atoms with Crippen LogP contribution >= 0.6 is 0 Å². The molecule has 0 aliphatic heterocycles. The summed E-state index contributed by atoms with van der Waals surface area (Å²) in [6.07, 6.45) is -2.89. The van der Waals surface area contributed by atoms with Crippen LogP contribution in [0.25, 0.3) is 22.3 Å². The summed E-state index contributed by atoms with van der Waals surface area (Å²) >= 11 is 0. The average molecular weight is 1420 g/mol. The number of ketones is 1. The van der Waals surface area contributed by atoms with E-state index in [4.69, 9.17) is 14.2 Å². The lowest BCUT2D eigenvalue weighted by molar-refractivity contribution is -0.402. The van der Waals surface area contributed by atoms with Crippen LogP contribution in [0.4, 0.5) is 9.59 Å². The zero-order valence-electron chi connectivity index (χ0n) is 58.0. The van der Waals surface area contributed by atoms with E-state index in [9.17, 15) is 43.5 Å². The molecule has 10 aromatic carbocycles. The Kier molecular flexibility index (Phi) is 26.4. The van der Waals surface area contributed by atoms with Gasteiger partial charge in [0.15, 0.2) is 11.8 Å². The summed E-state index contributed by atoms with van der Waals surface area (Å²) in [5.74, 6) is -4.88. The number of benzene rings is 10. The molecule has 19 heteroatoms. The summed E-state index contributed by atoms with van der Waals surface area (Å²) < 4.78 is 20.5. The van der Waals surface area contributed by atoms with Gasteiger partial charge in [0.2, 0.25) is 11.8 Å². The Morgan fingerprint density at radius 3 is 0.904 bits per heavy atom. The number of carboxylic acid groups (broad SMARTS) is 1. The molecule has 18 nitrogen and oxygen atoms in total. The number of ether oxygens (including phenoxy) is 4. The van der Waals surface area contributed by atoms with Gasteiger partial charge in [0.05, 0.1) is 39.0 Å². The number of amides is 4. The first-order chi connectivity index (χ1) is 50.0. The Bertz CT molecular complexity index is 4290. The molecular weight excluding hydrogens is 1330 g/mol. The number of methoxy groups -OCH3 is 2. The largest absolute Gasteiger partial charge is 1.00 e. The van der Waals surface area contributed by atoms with E-state index in [2.05, 4.69) is 31.7 Å². The maximum absolute atomic E-state index is 14.2. The first kappa shape index (κ1) is 76.2.